The summed E-state index contributed by atoms with van der Waals surface area (Å²) in [6.45, 7) is -0.0840. The average molecular weight is 206 g/mol. The summed E-state index contributed by atoms with van der Waals surface area (Å²) in [5.74, 6) is -0.127. The second-order valence-corrected chi connectivity index (χ2v) is 2.74. The van der Waals surface area contributed by atoms with E-state index in [-0.39, 0.29) is 18.5 Å². The molecule has 3 nitrogen and oxygen atoms in total. The van der Waals surface area contributed by atoms with Crippen molar-refractivity contribution in [3.8, 4) is 5.75 Å². The van der Waals surface area contributed by atoms with E-state index in [0.717, 1.165) is 0 Å². The van der Waals surface area contributed by atoms with E-state index < -0.39 is 5.82 Å². The van der Waals surface area contributed by atoms with E-state index in [1.165, 1.54) is 18.2 Å². The van der Waals surface area contributed by atoms with Crippen molar-refractivity contribution in [2.24, 2.45) is 0 Å². The third-order valence-corrected chi connectivity index (χ3v) is 1.51. The zero-order valence-electron chi connectivity index (χ0n) is 6.76. The minimum absolute atomic E-state index is 0.107. The monoisotopic (exact) mass is 205 g/mol. The molecule has 1 aromatic carbocycles. The lowest BCUT2D eigenvalue weighted by molar-refractivity contribution is 0.197. The van der Waals surface area contributed by atoms with Gasteiger partial charge in [-0.1, -0.05) is 11.6 Å². The van der Waals surface area contributed by atoms with Crippen molar-refractivity contribution in [2.75, 3.05) is 13.5 Å². The van der Waals surface area contributed by atoms with E-state index in [2.05, 4.69) is 5.32 Å². The lowest BCUT2D eigenvalue weighted by atomic mass is 10.3. The highest BCUT2D eigenvalue weighted by molar-refractivity contribution is 6.30. The molecule has 0 heterocycles. The van der Waals surface area contributed by atoms with Gasteiger partial charge in [0.05, 0.1) is 6.73 Å². The van der Waals surface area contributed by atoms with Crippen molar-refractivity contribution < 1.29 is 14.2 Å². The maximum Gasteiger partial charge on any atom is 0.141 e. The molecule has 0 amide bonds. The Hall–Kier alpha value is -0.840. The van der Waals surface area contributed by atoms with Crippen LogP contribution in [-0.2, 0) is 0 Å². The van der Waals surface area contributed by atoms with Gasteiger partial charge in [-0.2, -0.15) is 0 Å². The summed E-state index contributed by atoms with van der Waals surface area (Å²) in [5.41, 5.74) is 0. The van der Waals surface area contributed by atoms with Gasteiger partial charge in [-0.15, -0.1) is 0 Å². The Balaban J connectivity index is 2.56. The highest BCUT2D eigenvalue weighted by Crippen LogP contribution is 2.19. The minimum Gasteiger partial charge on any atom is -0.478 e. The van der Waals surface area contributed by atoms with E-state index in [1.807, 2.05) is 0 Å². The lowest BCUT2D eigenvalue weighted by Crippen LogP contribution is -2.20. The molecule has 0 atom stereocenters. The molecule has 2 N–H and O–H groups in total. The molecule has 0 aromatic heterocycles. The molecule has 0 spiro atoms. The lowest BCUT2D eigenvalue weighted by Gasteiger charge is -2.05. The van der Waals surface area contributed by atoms with Crippen molar-refractivity contribution in [1.82, 2.24) is 5.32 Å². The van der Waals surface area contributed by atoms with Gasteiger partial charge in [0.2, 0.25) is 0 Å². The molecule has 0 aliphatic carbocycles. The van der Waals surface area contributed by atoms with Crippen LogP contribution < -0.4 is 10.1 Å². The number of benzene rings is 1. The van der Waals surface area contributed by atoms with Crippen LogP contribution in [0.1, 0.15) is 0 Å². The molecule has 0 saturated carbocycles. The van der Waals surface area contributed by atoms with Gasteiger partial charge in [-0.05, 0) is 12.1 Å². The van der Waals surface area contributed by atoms with Gasteiger partial charge in [-0.3, -0.25) is 5.32 Å². The Bertz CT molecular complexity index is 263. The summed E-state index contributed by atoms with van der Waals surface area (Å²) in [4.78, 5) is 0. The second kappa shape index (κ2) is 5.01. The largest absolute Gasteiger partial charge is 0.478 e. The van der Waals surface area contributed by atoms with Crippen molar-refractivity contribution in [1.29, 1.82) is 0 Å². The second-order valence-electron chi connectivity index (χ2n) is 2.30. The highest BCUT2D eigenvalue weighted by Gasteiger charge is 1.99. The molecule has 0 aliphatic rings. The van der Waals surface area contributed by atoms with Crippen LogP contribution in [-0.4, -0.2) is 18.6 Å². The molecular weight excluding hydrogens is 197 g/mol. The van der Waals surface area contributed by atoms with Crippen LogP contribution in [0.5, 0.6) is 5.75 Å². The van der Waals surface area contributed by atoms with Crippen LogP contribution in [0.15, 0.2) is 18.2 Å². The van der Waals surface area contributed by atoms with E-state index in [9.17, 15) is 4.39 Å². The number of rotatable bonds is 4. The maximum absolute atomic E-state index is 12.7. The summed E-state index contributed by atoms with van der Waals surface area (Å²) in [6.07, 6.45) is 0. The van der Waals surface area contributed by atoms with Crippen molar-refractivity contribution in [3.05, 3.63) is 29.0 Å². The van der Waals surface area contributed by atoms with E-state index in [0.29, 0.717) is 5.75 Å². The fourth-order valence-corrected chi connectivity index (χ4v) is 1.00. The van der Waals surface area contributed by atoms with Gasteiger partial charge in [0, 0.05) is 11.1 Å². The van der Waals surface area contributed by atoms with Crippen LogP contribution in [0.4, 0.5) is 4.39 Å². The zero-order valence-corrected chi connectivity index (χ0v) is 7.51. The average Bonchev–Trinajstić information content (AvgIpc) is 2.03. The molecule has 1 rings (SSSR count). The molecule has 5 heteroatoms. The van der Waals surface area contributed by atoms with Gasteiger partial charge in [0.15, 0.2) is 0 Å². The molecule has 1 aromatic rings. The van der Waals surface area contributed by atoms with Crippen LogP contribution in [0.25, 0.3) is 0 Å². The van der Waals surface area contributed by atoms with E-state index in [1.54, 1.807) is 0 Å². The predicted octanol–water partition coefficient (Wildman–Crippen LogP) is 1.35. The molecule has 0 radical (unpaired) electrons. The fraction of sp³-hybridized carbons (Fsp3) is 0.250. The molecule has 13 heavy (non-hydrogen) atoms. The number of aliphatic hydroxyl groups is 1. The predicted molar refractivity (Wildman–Crippen MR) is 47.1 cm³/mol. The summed E-state index contributed by atoms with van der Waals surface area (Å²) in [7, 11) is 0. The van der Waals surface area contributed by atoms with Gasteiger partial charge in [0.1, 0.15) is 18.3 Å². The Morgan fingerprint density at radius 3 is 2.85 bits per heavy atom. The number of nitrogens with one attached hydrogen (secondary N) is 1. The number of hydrogen-bond acceptors (Lipinski definition) is 3. The molecule has 0 bridgehead atoms. The third kappa shape index (κ3) is 3.59. The molecule has 0 saturated heterocycles. The van der Waals surface area contributed by atoms with Gasteiger partial charge >= 0.3 is 0 Å². The number of halogens is 2. The molecule has 0 aliphatic heterocycles. The highest BCUT2D eigenvalue weighted by atomic mass is 35.5. The van der Waals surface area contributed by atoms with Crippen molar-refractivity contribution >= 4 is 11.6 Å². The zero-order chi connectivity index (χ0) is 9.68. The molecule has 0 unspecified atom stereocenters. The topological polar surface area (TPSA) is 41.5 Å². The third-order valence-electron chi connectivity index (χ3n) is 1.29. The fourth-order valence-electron chi connectivity index (χ4n) is 0.792. The van der Waals surface area contributed by atoms with E-state index in [4.69, 9.17) is 21.4 Å². The van der Waals surface area contributed by atoms with Gasteiger partial charge in [0.25, 0.3) is 0 Å². The van der Waals surface area contributed by atoms with E-state index >= 15 is 0 Å². The molecular formula is C8H9ClFNO2. The van der Waals surface area contributed by atoms with Crippen molar-refractivity contribution in [3.63, 3.8) is 0 Å². The number of ether oxygens (including phenoxy) is 1. The first kappa shape index (κ1) is 10.2. The number of aliphatic hydroxyl groups excluding tert-OH is 1. The van der Waals surface area contributed by atoms with Crippen LogP contribution >= 0.6 is 11.6 Å². The minimum atomic E-state index is -0.452. The summed E-state index contributed by atoms with van der Waals surface area (Å²) in [5, 5.41) is 11.1. The Labute approximate surface area is 80.1 Å². The quantitative estimate of drug-likeness (QED) is 0.576. The first-order valence-electron chi connectivity index (χ1n) is 3.63. The first-order chi connectivity index (χ1) is 6.22. The number of hydrogen-bond donors (Lipinski definition) is 2. The van der Waals surface area contributed by atoms with Crippen LogP contribution in [0.3, 0.4) is 0 Å². The standard InChI is InChI=1S/C8H9ClFNO2/c9-6-1-7(10)3-8(2-6)13-5-11-4-12/h1-3,11-12H,4-5H2. The normalized spacial score (nSPS) is 10.1. The van der Waals surface area contributed by atoms with Gasteiger partial charge < -0.3 is 9.84 Å². The maximum atomic E-state index is 12.7. The van der Waals surface area contributed by atoms with Crippen LogP contribution in [0, 0.1) is 5.82 Å². The molecule has 72 valence electrons. The van der Waals surface area contributed by atoms with Crippen LogP contribution in [0.2, 0.25) is 5.02 Å². The Morgan fingerprint density at radius 2 is 2.23 bits per heavy atom. The van der Waals surface area contributed by atoms with Gasteiger partial charge in [-0.25, -0.2) is 4.39 Å². The Kier molecular flexibility index (Phi) is 3.95. The SMILES string of the molecule is OCNCOc1cc(F)cc(Cl)c1. The summed E-state index contributed by atoms with van der Waals surface area (Å²) in [6, 6.07) is 3.89. The molecule has 0 fully saturated rings. The summed E-state index contributed by atoms with van der Waals surface area (Å²) < 4.78 is 17.7. The van der Waals surface area contributed by atoms with Crippen molar-refractivity contribution in [2.45, 2.75) is 0 Å². The summed E-state index contributed by atoms with van der Waals surface area (Å²) >= 11 is 5.57. The first-order valence-corrected chi connectivity index (χ1v) is 4.00. The smallest absolute Gasteiger partial charge is 0.141 e. The Morgan fingerprint density at radius 1 is 1.46 bits per heavy atom.